The van der Waals surface area contributed by atoms with Gasteiger partial charge in [0.2, 0.25) is 0 Å². The van der Waals surface area contributed by atoms with Gasteiger partial charge in [0.05, 0.1) is 18.1 Å². The molecule has 0 saturated carbocycles. The highest BCUT2D eigenvalue weighted by molar-refractivity contribution is 7.90. The lowest BCUT2D eigenvalue weighted by molar-refractivity contribution is -0.138. The Morgan fingerprint density at radius 1 is 0.719 bits per heavy atom. The number of sulfone groups is 1. The van der Waals surface area contributed by atoms with Crippen LogP contribution < -0.4 is 9.47 Å². The number of unbranched alkanes of at least 4 members (excludes halogenated alkanes) is 8. The summed E-state index contributed by atoms with van der Waals surface area (Å²) in [5, 5.41) is 17.3. The van der Waals surface area contributed by atoms with Gasteiger partial charge < -0.3 is 19.7 Å². The zero-order valence-electron chi connectivity index (χ0n) is 18.9. The molecular formula is C23H36O8S. The third kappa shape index (κ3) is 13.2. The molecule has 0 heterocycles. The number of aliphatic carboxylic acids is 2. The topological polar surface area (TPSA) is 127 Å². The van der Waals surface area contributed by atoms with E-state index >= 15 is 0 Å². The van der Waals surface area contributed by atoms with Crippen LogP contribution in [-0.4, -0.2) is 50.0 Å². The number of rotatable bonds is 19. The first-order valence-corrected chi connectivity index (χ1v) is 13.1. The van der Waals surface area contributed by atoms with Crippen molar-refractivity contribution in [2.24, 2.45) is 0 Å². The minimum absolute atomic E-state index is 0.0000517. The van der Waals surface area contributed by atoms with E-state index in [1.165, 1.54) is 12.1 Å². The molecule has 0 saturated heterocycles. The van der Waals surface area contributed by atoms with Crippen LogP contribution in [0, 0.1) is 0 Å². The van der Waals surface area contributed by atoms with Gasteiger partial charge in [0.25, 0.3) is 0 Å². The van der Waals surface area contributed by atoms with Crippen molar-refractivity contribution in [2.75, 3.05) is 19.5 Å². The Labute approximate surface area is 190 Å². The van der Waals surface area contributed by atoms with Crippen LogP contribution in [0.1, 0.15) is 77.0 Å². The Hall–Kier alpha value is -2.29. The van der Waals surface area contributed by atoms with E-state index in [-0.39, 0.29) is 24.3 Å². The van der Waals surface area contributed by atoms with Crippen molar-refractivity contribution in [3.05, 3.63) is 18.2 Å². The van der Waals surface area contributed by atoms with Crippen LogP contribution in [0.4, 0.5) is 0 Å². The summed E-state index contributed by atoms with van der Waals surface area (Å²) in [6.07, 6.45) is 10.8. The van der Waals surface area contributed by atoms with Gasteiger partial charge in [0, 0.05) is 25.2 Å². The number of benzene rings is 1. The quantitative estimate of drug-likeness (QED) is 0.277. The molecule has 0 unspecified atom stereocenters. The molecule has 0 bridgehead atoms. The fraction of sp³-hybridized carbons (Fsp3) is 0.652. The summed E-state index contributed by atoms with van der Waals surface area (Å²) in [5.41, 5.74) is 0. The summed E-state index contributed by atoms with van der Waals surface area (Å²) >= 11 is 0. The van der Waals surface area contributed by atoms with Gasteiger partial charge in [-0.3, -0.25) is 9.59 Å². The first-order valence-electron chi connectivity index (χ1n) is 11.2. The van der Waals surface area contributed by atoms with Crippen molar-refractivity contribution >= 4 is 21.8 Å². The Morgan fingerprint density at radius 2 is 1.19 bits per heavy atom. The van der Waals surface area contributed by atoms with Crippen molar-refractivity contribution in [2.45, 2.75) is 81.9 Å². The number of carboxylic acids is 2. The fourth-order valence-corrected chi connectivity index (χ4v) is 3.79. The van der Waals surface area contributed by atoms with Gasteiger partial charge in [-0.05, 0) is 31.4 Å². The normalized spacial score (nSPS) is 11.3. The summed E-state index contributed by atoms with van der Waals surface area (Å²) in [6, 6.07) is 4.45. The van der Waals surface area contributed by atoms with Gasteiger partial charge >= 0.3 is 11.9 Å². The van der Waals surface area contributed by atoms with Crippen molar-refractivity contribution in [1.82, 2.24) is 0 Å². The minimum atomic E-state index is -3.38. The van der Waals surface area contributed by atoms with Crippen molar-refractivity contribution < 1.29 is 37.7 Å². The van der Waals surface area contributed by atoms with E-state index in [1.807, 2.05) is 0 Å². The SMILES string of the molecule is CS(=O)(=O)c1ccc(OCCCC(=O)O)c(OCCCCCCCCCCCC(=O)O)c1. The molecule has 0 atom stereocenters. The van der Waals surface area contributed by atoms with Gasteiger partial charge in [-0.25, -0.2) is 8.42 Å². The molecule has 0 radical (unpaired) electrons. The summed E-state index contributed by atoms with van der Waals surface area (Å²) in [7, 11) is -3.38. The van der Waals surface area contributed by atoms with E-state index in [2.05, 4.69) is 0 Å². The number of hydrogen-bond donors (Lipinski definition) is 2. The first kappa shape index (κ1) is 27.7. The first-order chi connectivity index (χ1) is 15.2. The molecule has 0 amide bonds. The van der Waals surface area contributed by atoms with E-state index in [0.717, 1.165) is 64.0 Å². The highest BCUT2D eigenvalue weighted by atomic mass is 32.2. The molecule has 1 aromatic rings. The molecule has 1 rings (SSSR count). The number of carboxylic acid groups (broad SMARTS) is 2. The average Bonchev–Trinajstić information content (AvgIpc) is 2.71. The van der Waals surface area contributed by atoms with E-state index in [9.17, 15) is 18.0 Å². The van der Waals surface area contributed by atoms with Gasteiger partial charge in [-0.2, -0.15) is 0 Å². The maximum absolute atomic E-state index is 11.8. The van der Waals surface area contributed by atoms with Gasteiger partial charge in [0.15, 0.2) is 21.3 Å². The van der Waals surface area contributed by atoms with E-state index < -0.39 is 21.8 Å². The molecule has 182 valence electrons. The van der Waals surface area contributed by atoms with Gasteiger partial charge in [0.1, 0.15) is 0 Å². The molecule has 0 aliphatic carbocycles. The predicted molar refractivity (Wildman–Crippen MR) is 121 cm³/mol. The van der Waals surface area contributed by atoms with Crippen LogP contribution in [-0.2, 0) is 19.4 Å². The minimum Gasteiger partial charge on any atom is -0.490 e. The lowest BCUT2D eigenvalue weighted by Gasteiger charge is -2.14. The smallest absolute Gasteiger partial charge is 0.303 e. The molecule has 0 spiro atoms. The molecule has 8 nitrogen and oxygen atoms in total. The molecule has 1 aromatic carbocycles. The van der Waals surface area contributed by atoms with Crippen LogP contribution in [0.3, 0.4) is 0 Å². The summed E-state index contributed by atoms with van der Waals surface area (Å²) < 4.78 is 35.1. The maximum Gasteiger partial charge on any atom is 0.303 e. The standard InChI is InChI=1S/C23H36O8S/c1-32(28,29)19-14-15-20(30-17-11-13-23(26)27)21(18-19)31-16-10-8-6-4-2-3-5-7-9-12-22(24)25/h14-15,18H,2-13,16-17H2,1H3,(H,24,25)(H,26,27). The molecular weight excluding hydrogens is 436 g/mol. The molecule has 32 heavy (non-hydrogen) atoms. The Balaban J connectivity index is 2.33. The van der Waals surface area contributed by atoms with Crippen LogP contribution in [0.15, 0.2) is 23.1 Å². The molecule has 0 aliphatic heterocycles. The van der Waals surface area contributed by atoms with E-state index in [0.29, 0.717) is 24.5 Å². The molecule has 9 heteroatoms. The second-order valence-electron chi connectivity index (χ2n) is 7.90. The van der Waals surface area contributed by atoms with E-state index in [4.69, 9.17) is 19.7 Å². The lowest BCUT2D eigenvalue weighted by Crippen LogP contribution is -2.06. The predicted octanol–water partition coefficient (Wildman–Crippen LogP) is 4.70. The number of hydrogen-bond acceptors (Lipinski definition) is 6. The van der Waals surface area contributed by atoms with Crippen molar-refractivity contribution in [3.8, 4) is 11.5 Å². The van der Waals surface area contributed by atoms with Gasteiger partial charge in [-0.15, -0.1) is 0 Å². The summed E-state index contributed by atoms with van der Waals surface area (Å²) in [4.78, 5) is 21.2. The zero-order chi connectivity index (χ0) is 23.8. The second kappa shape index (κ2) is 15.5. The maximum atomic E-state index is 11.8. The van der Waals surface area contributed by atoms with Gasteiger partial charge in [-0.1, -0.05) is 44.9 Å². The van der Waals surface area contributed by atoms with Crippen LogP contribution in [0.5, 0.6) is 11.5 Å². The van der Waals surface area contributed by atoms with E-state index in [1.54, 1.807) is 6.07 Å². The second-order valence-corrected chi connectivity index (χ2v) is 9.92. The van der Waals surface area contributed by atoms with Crippen LogP contribution >= 0.6 is 0 Å². The molecule has 0 aliphatic rings. The highest BCUT2D eigenvalue weighted by Crippen LogP contribution is 2.30. The molecule has 0 aromatic heterocycles. The average molecular weight is 473 g/mol. The number of carbonyl (C=O) groups is 2. The third-order valence-electron chi connectivity index (χ3n) is 4.93. The Bertz CT molecular complexity index is 804. The lowest BCUT2D eigenvalue weighted by atomic mass is 10.1. The monoisotopic (exact) mass is 472 g/mol. The summed E-state index contributed by atoms with van der Waals surface area (Å²) in [6.45, 7) is 0.644. The Morgan fingerprint density at radius 3 is 1.75 bits per heavy atom. The highest BCUT2D eigenvalue weighted by Gasteiger charge is 2.13. The summed E-state index contributed by atoms with van der Waals surface area (Å²) in [5.74, 6) is -0.863. The zero-order valence-corrected chi connectivity index (χ0v) is 19.7. The van der Waals surface area contributed by atoms with Crippen LogP contribution in [0.2, 0.25) is 0 Å². The third-order valence-corrected chi connectivity index (χ3v) is 6.04. The van der Waals surface area contributed by atoms with Crippen molar-refractivity contribution in [3.63, 3.8) is 0 Å². The fourth-order valence-electron chi connectivity index (χ4n) is 3.15. The molecule has 2 N–H and O–H groups in total. The van der Waals surface area contributed by atoms with Crippen LogP contribution in [0.25, 0.3) is 0 Å². The largest absolute Gasteiger partial charge is 0.490 e. The Kier molecular flexibility index (Phi) is 13.4. The molecule has 0 fully saturated rings. The van der Waals surface area contributed by atoms with Crippen molar-refractivity contribution in [1.29, 1.82) is 0 Å². The number of ether oxygens (including phenoxy) is 2.